The van der Waals surface area contributed by atoms with Crippen molar-refractivity contribution >= 4 is 32.7 Å². The van der Waals surface area contributed by atoms with Crippen LogP contribution < -0.4 is 9.99 Å². The molecular formula is C19H21N3O5S. The summed E-state index contributed by atoms with van der Waals surface area (Å²) in [6.07, 6.45) is 0. The summed E-state index contributed by atoms with van der Waals surface area (Å²) in [5.74, 6) is -0.683. The molecule has 0 bridgehead atoms. The number of imidazole rings is 1. The molecular weight excluding hydrogens is 382 g/mol. The van der Waals surface area contributed by atoms with Crippen molar-refractivity contribution in [3.8, 4) is 0 Å². The molecule has 2 aromatic carbocycles. The number of hydrogen-bond donors (Lipinski definition) is 0. The number of carbonyl (C=O) groups excluding carboxylic acids is 1. The van der Waals surface area contributed by atoms with Crippen molar-refractivity contribution in [2.75, 3.05) is 18.0 Å². The van der Waals surface area contributed by atoms with Crippen molar-refractivity contribution in [2.45, 2.75) is 11.8 Å². The van der Waals surface area contributed by atoms with Gasteiger partial charge in [0.15, 0.2) is 0 Å². The van der Waals surface area contributed by atoms with Gasteiger partial charge in [0.1, 0.15) is 6.54 Å². The van der Waals surface area contributed by atoms with Crippen LogP contribution in [0, 0.1) is 6.92 Å². The van der Waals surface area contributed by atoms with Crippen LogP contribution in [-0.2, 0) is 33.7 Å². The minimum absolute atomic E-state index is 0.0225. The molecule has 8 nitrogen and oxygen atoms in total. The van der Waals surface area contributed by atoms with Crippen LogP contribution >= 0.6 is 0 Å². The first-order valence-corrected chi connectivity index (χ1v) is 9.92. The van der Waals surface area contributed by atoms with E-state index in [0.717, 1.165) is 9.87 Å². The number of carbonyl (C=O) groups is 1. The quantitative estimate of drug-likeness (QED) is 0.603. The van der Waals surface area contributed by atoms with E-state index in [-0.39, 0.29) is 10.6 Å². The number of fused-ring (bicyclic) bond motifs is 1. The molecule has 9 heteroatoms. The minimum atomic E-state index is -4.08. The number of ether oxygens (including phenoxy) is 1. The Balaban J connectivity index is 2.16. The van der Waals surface area contributed by atoms with Gasteiger partial charge in [-0.15, -0.1) is 0 Å². The second-order valence-electron chi connectivity index (χ2n) is 6.47. The highest BCUT2D eigenvalue weighted by molar-refractivity contribution is 7.92. The number of hydrogen-bond acceptors (Lipinski definition) is 5. The molecule has 0 saturated heterocycles. The SMILES string of the molecule is COC(=O)CN(c1ccc(C)cc1)S(=O)(=O)c1ccc2c(c1)n(C)c(=O)n2C. The van der Waals surface area contributed by atoms with Crippen LogP contribution in [-0.4, -0.2) is 37.2 Å². The first-order chi connectivity index (χ1) is 13.2. The Labute approximate surface area is 162 Å². The highest BCUT2D eigenvalue weighted by atomic mass is 32.2. The zero-order valence-corrected chi connectivity index (χ0v) is 16.9. The summed E-state index contributed by atoms with van der Waals surface area (Å²) in [6, 6.07) is 11.2. The third-order valence-corrected chi connectivity index (χ3v) is 6.42. The number of nitrogens with zero attached hydrogens (tertiary/aromatic N) is 3. The normalized spacial score (nSPS) is 11.6. The standard InChI is InChI=1S/C19H21N3O5S/c1-13-5-7-14(8-6-13)22(12-18(23)27-4)28(25,26)15-9-10-16-17(11-15)21(3)19(24)20(16)2/h5-11H,12H2,1-4H3. The first-order valence-electron chi connectivity index (χ1n) is 8.48. The lowest BCUT2D eigenvalue weighted by atomic mass is 10.2. The molecule has 0 N–H and O–H groups in total. The summed E-state index contributed by atoms with van der Waals surface area (Å²) < 4.78 is 35.2. The van der Waals surface area contributed by atoms with Crippen LogP contribution in [0.3, 0.4) is 0 Å². The van der Waals surface area contributed by atoms with E-state index in [1.807, 2.05) is 6.92 Å². The number of sulfonamides is 1. The summed E-state index contributed by atoms with van der Waals surface area (Å²) >= 11 is 0. The van der Waals surface area contributed by atoms with E-state index < -0.39 is 22.5 Å². The van der Waals surface area contributed by atoms with E-state index in [0.29, 0.717) is 16.7 Å². The summed E-state index contributed by atoms with van der Waals surface area (Å²) in [5, 5.41) is 0. The minimum Gasteiger partial charge on any atom is -0.468 e. The first kappa shape index (κ1) is 19.7. The molecule has 0 aliphatic rings. The van der Waals surface area contributed by atoms with Gasteiger partial charge in [0, 0.05) is 14.1 Å². The summed E-state index contributed by atoms with van der Waals surface area (Å²) in [7, 11) is 0.323. The number of methoxy groups -OCH3 is 1. The second kappa shape index (κ2) is 7.16. The topological polar surface area (TPSA) is 90.6 Å². The smallest absolute Gasteiger partial charge is 0.328 e. The highest BCUT2D eigenvalue weighted by Crippen LogP contribution is 2.26. The molecule has 0 spiro atoms. The van der Waals surface area contributed by atoms with E-state index >= 15 is 0 Å². The maximum absolute atomic E-state index is 13.3. The van der Waals surface area contributed by atoms with Crippen LogP contribution in [0.5, 0.6) is 0 Å². The number of rotatable bonds is 5. The summed E-state index contributed by atoms with van der Waals surface area (Å²) in [5.41, 5.74) is 2.14. The van der Waals surface area contributed by atoms with Gasteiger partial charge in [0.05, 0.1) is 28.7 Å². The average molecular weight is 403 g/mol. The van der Waals surface area contributed by atoms with E-state index in [4.69, 9.17) is 0 Å². The molecule has 0 unspecified atom stereocenters. The largest absolute Gasteiger partial charge is 0.468 e. The van der Waals surface area contributed by atoms with Gasteiger partial charge in [-0.3, -0.25) is 18.2 Å². The molecule has 1 heterocycles. The van der Waals surface area contributed by atoms with Crippen molar-refractivity contribution in [2.24, 2.45) is 14.1 Å². The van der Waals surface area contributed by atoms with Crippen LogP contribution in [0.2, 0.25) is 0 Å². The number of esters is 1. The third kappa shape index (κ3) is 3.29. The summed E-state index contributed by atoms with van der Waals surface area (Å²) in [4.78, 5) is 24.0. The Bertz CT molecular complexity index is 1210. The van der Waals surface area contributed by atoms with Crippen LogP contribution in [0.15, 0.2) is 52.2 Å². The van der Waals surface area contributed by atoms with Crippen LogP contribution in [0.25, 0.3) is 11.0 Å². The number of aryl methyl sites for hydroxylation is 3. The lowest BCUT2D eigenvalue weighted by Crippen LogP contribution is -2.36. The van der Waals surface area contributed by atoms with Gasteiger partial charge in [-0.2, -0.15) is 0 Å². The maximum Gasteiger partial charge on any atom is 0.328 e. The molecule has 3 aromatic rings. The monoisotopic (exact) mass is 403 g/mol. The van der Waals surface area contributed by atoms with Crippen molar-refractivity contribution < 1.29 is 17.9 Å². The second-order valence-corrected chi connectivity index (χ2v) is 8.34. The number of benzene rings is 2. The zero-order chi connectivity index (χ0) is 20.6. The molecule has 0 aliphatic heterocycles. The van der Waals surface area contributed by atoms with Crippen LogP contribution in [0.4, 0.5) is 5.69 Å². The molecule has 0 aliphatic carbocycles. The molecule has 28 heavy (non-hydrogen) atoms. The molecule has 0 saturated carbocycles. The van der Waals surface area contributed by atoms with Gasteiger partial charge in [-0.25, -0.2) is 13.2 Å². The number of anilines is 1. The molecule has 1 aromatic heterocycles. The predicted octanol–water partition coefficient (Wildman–Crippen LogP) is 1.55. The van der Waals surface area contributed by atoms with E-state index in [2.05, 4.69) is 4.74 Å². The lowest BCUT2D eigenvalue weighted by Gasteiger charge is -2.23. The molecule has 148 valence electrons. The fourth-order valence-corrected chi connectivity index (χ4v) is 4.41. The zero-order valence-electron chi connectivity index (χ0n) is 16.0. The molecule has 3 rings (SSSR count). The fourth-order valence-electron chi connectivity index (χ4n) is 2.98. The fraction of sp³-hybridized carbons (Fsp3) is 0.263. The lowest BCUT2D eigenvalue weighted by molar-refractivity contribution is -0.138. The number of aromatic nitrogens is 2. The van der Waals surface area contributed by atoms with E-state index in [1.165, 1.54) is 28.4 Å². The van der Waals surface area contributed by atoms with Crippen molar-refractivity contribution in [1.82, 2.24) is 9.13 Å². The Morgan fingerprint density at radius 3 is 2.25 bits per heavy atom. The van der Waals surface area contributed by atoms with Gasteiger partial charge < -0.3 is 4.74 Å². The maximum atomic E-state index is 13.3. The molecule has 0 atom stereocenters. The van der Waals surface area contributed by atoms with Gasteiger partial charge in [-0.05, 0) is 37.3 Å². The van der Waals surface area contributed by atoms with Gasteiger partial charge in [-0.1, -0.05) is 17.7 Å². The molecule has 0 amide bonds. The molecule has 0 fully saturated rings. The van der Waals surface area contributed by atoms with Gasteiger partial charge in [0.25, 0.3) is 10.0 Å². The van der Waals surface area contributed by atoms with Gasteiger partial charge in [0.2, 0.25) is 0 Å². The predicted molar refractivity (Wildman–Crippen MR) is 106 cm³/mol. The van der Waals surface area contributed by atoms with Crippen molar-refractivity contribution in [3.05, 3.63) is 58.5 Å². The Morgan fingerprint density at radius 1 is 1.04 bits per heavy atom. The van der Waals surface area contributed by atoms with Gasteiger partial charge >= 0.3 is 11.7 Å². The van der Waals surface area contributed by atoms with Crippen LogP contribution in [0.1, 0.15) is 5.56 Å². The average Bonchev–Trinajstić information content (AvgIpc) is 2.90. The summed E-state index contributed by atoms with van der Waals surface area (Å²) in [6.45, 7) is 1.42. The highest BCUT2D eigenvalue weighted by Gasteiger charge is 2.28. The van der Waals surface area contributed by atoms with E-state index in [1.54, 1.807) is 44.4 Å². The van der Waals surface area contributed by atoms with Crippen molar-refractivity contribution in [3.63, 3.8) is 0 Å². The Morgan fingerprint density at radius 2 is 1.64 bits per heavy atom. The van der Waals surface area contributed by atoms with Crippen molar-refractivity contribution in [1.29, 1.82) is 0 Å². The third-order valence-electron chi connectivity index (χ3n) is 4.65. The Kier molecular flexibility index (Phi) is 5.03. The molecule has 0 radical (unpaired) electrons. The van der Waals surface area contributed by atoms with E-state index in [9.17, 15) is 18.0 Å². The Hall–Kier alpha value is -3.07.